The molecule has 1 aromatic rings. The molecule has 1 aromatic carbocycles. The molecule has 0 heterocycles. The van der Waals surface area contributed by atoms with Crippen molar-refractivity contribution in [3.63, 3.8) is 0 Å². The van der Waals surface area contributed by atoms with Crippen LogP contribution < -0.4 is 4.74 Å². The van der Waals surface area contributed by atoms with Gasteiger partial charge >= 0.3 is 5.97 Å². The SMILES string of the molecule is CCCCCCCCCC[C@H](C)[C@@H](OCc1ccc(OC)cc1)[C@@H](C)/C=C(C)/C=C(\C)[C@@H](O[Si](CC)(CC)CC)[C@H](C)/C=C(\C)C(=O)O. The third-order valence-corrected chi connectivity index (χ3v) is 14.9. The van der Waals surface area contributed by atoms with Gasteiger partial charge in [-0.1, -0.05) is 136 Å². The van der Waals surface area contributed by atoms with Gasteiger partial charge in [0.05, 0.1) is 25.9 Å². The predicted molar refractivity (Wildman–Crippen MR) is 207 cm³/mol. The van der Waals surface area contributed by atoms with Gasteiger partial charge in [0.15, 0.2) is 8.32 Å². The zero-order valence-corrected chi connectivity index (χ0v) is 33.7. The molecule has 274 valence electrons. The molecule has 0 aromatic heterocycles. The van der Waals surface area contributed by atoms with Gasteiger partial charge in [0.25, 0.3) is 0 Å². The second-order valence-corrected chi connectivity index (χ2v) is 19.0. The molecular weight excluding hydrogens is 613 g/mol. The van der Waals surface area contributed by atoms with Crippen LogP contribution in [0.2, 0.25) is 18.1 Å². The quantitative estimate of drug-likeness (QED) is 0.0455. The van der Waals surface area contributed by atoms with Crippen molar-refractivity contribution < 1.29 is 23.8 Å². The number of methoxy groups -OCH3 is 1. The van der Waals surface area contributed by atoms with Crippen LogP contribution >= 0.6 is 0 Å². The minimum absolute atomic E-state index is 0.0497. The summed E-state index contributed by atoms with van der Waals surface area (Å²) in [5.74, 6) is 0.579. The van der Waals surface area contributed by atoms with Crippen LogP contribution in [0.25, 0.3) is 0 Å². The van der Waals surface area contributed by atoms with Gasteiger partial charge in [-0.15, -0.1) is 0 Å². The van der Waals surface area contributed by atoms with Gasteiger partial charge in [-0.05, 0) is 74.5 Å². The number of hydrogen-bond acceptors (Lipinski definition) is 4. The molecule has 0 bridgehead atoms. The molecule has 0 saturated carbocycles. The van der Waals surface area contributed by atoms with Crippen molar-refractivity contribution in [3.05, 3.63) is 64.8 Å². The Hall–Kier alpha value is -2.15. The zero-order chi connectivity index (χ0) is 36.1. The molecule has 0 radical (unpaired) electrons. The molecular formula is C42H72O5Si. The van der Waals surface area contributed by atoms with Gasteiger partial charge in [0.2, 0.25) is 0 Å². The minimum atomic E-state index is -1.94. The molecule has 0 fully saturated rings. The van der Waals surface area contributed by atoms with E-state index in [-0.39, 0.29) is 24.0 Å². The Balaban J connectivity index is 3.23. The normalized spacial score (nSPS) is 16.4. The fourth-order valence-electron chi connectivity index (χ4n) is 6.95. The number of aliphatic carboxylic acids is 1. The van der Waals surface area contributed by atoms with E-state index in [9.17, 15) is 9.90 Å². The summed E-state index contributed by atoms with van der Waals surface area (Å²) in [7, 11) is -0.248. The monoisotopic (exact) mass is 685 g/mol. The van der Waals surface area contributed by atoms with E-state index in [0.29, 0.717) is 18.1 Å². The van der Waals surface area contributed by atoms with E-state index in [1.807, 2.05) is 18.2 Å². The standard InChI is InChI=1S/C42H72O5Si/c1-12-16-17-18-19-20-21-22-23-33(6)40(46-31-38-24-26-39(45-11)27-25-38)34(7)28-32(5)29-35(8)41(36(9)30-37(10)42(43)44)47-48(13-2,14-3)15-4/h24-30,33-34,36,40-41H,12-23,31H2,1-11H3,(H,43,44)/b32-28+,35-29+,37-30+/t33-,34-,36+,40+,41+/m0/s1. The number of carboxylic acids is 1. The summed E-state index contributed by atoms with van der Waals surface area (Å²) in [6.45, 7) is 22.3. The Morgan fingerprint density at radius 3 is 1.90 bits per heavy atom. The number of ether oxygens (including phenoxy) is 2. The molecule has 0 unspecified atom stereocenters. The molecule has 5 atom stereocenters. The predicted octanol–water partition coefficient (Wildman–Crippen LogP) is 12.3. The molecule has 0 aliphatic rings. The Bertz CT molecular complexity index is 1110. The number of carbonyl (C=O) groups is 1. The van der Waals surface area contributed by atoms with E-state index in [4.69, 9.17) is 13.9 Å². The van der Waals surface area contributed by atoms with Crippen molar-refractivity contribution in [2.45, 2.75) is 164 Å². The Morgan fingerprint density at radius 2 is 1.38 bits per heavy atom. The molecule has 0 spiro atoms. The smallest absolute Gasteiger partial charge is 0.330 e. The molecule has 0 aliphatic heterocycles. The molecule has 6 heteroatoms. The van der Waals surface area contributed by atoms with Crippen molar-refractivity contribution in [3.8, 4) is 5.75 Å². The van der Waals surface area contributed by atoms with Crippen LogP contribution in [0.5, 0.6) is 5.75 Å². The highest BCUT2D eigenvalue weighted by Crippen LogP contribution is 2.31. The van der Waals surface area contributed by atoms with Gasteiger partial charge in [-0.2, -0.15) is 0 Å². The maximum atomic E-state index is 11.7. The first-order valence-electron chi connectivity index (χ1n) is 19.1. The van der Waals surface area contributed by atoms with Gasteiger partial charge in [0.1, 0.15) is 5.75 Å². The second kappa shape index (κ2) is 24.1. The van der Waals surface area contributed by atoms with E-state index in [1.54, 1.807) is 14.0 Å². The Morgan fingerprint density at radius 1 is 0.812 bits per heavy atom. The van der Waals surface area contributed by atoms with Crippen LogP contribution in [0.15, 0.2) is 59.2 Å². The summed E-state index contributed by atoms with van der Waals surface area (Å²) in [4.78, 5) is 11.7. The first kappa shape index (κ1) is 43.9. The zero-order valence-electron chi connectivity index (χ0n) is 32.7. The van der Waals surface area contributed by atoms with Gasteiger partial charge in [0, 0.05) is 17.4 Å². The fraction of sp³-hybridized carbons (Fsp3) is 0.690. The summed E-state index contributed by atoms with van der Waals surface area (Å²) < 4.78 is 19.1. The van der Waals surface area contributed by atoms with Crippen LogP contribution in [-0.2, 0) is 20.6 Å². The number of unbranched alkanes of at least 4 members (excludes halogenated alkanes) is 7. The lowest BCUT2D eigenvalue weighted by molar-refractivity contribution is -0.132. The Labute approximate surface area is 296 Å². The topological polar surface area (TPSA) is 65.0 Å². The number of allylic oxidation sites excluding steroid dienone is 2. The molecule has 5 nitrogen and oxygen atoms in total. The van der Waals surface area contributed by atoms with Crippen LogP contribution in [0, 0.1) is 17.8 Å². The highest BCUT2D eigenvalue weighted by Gasteiger charge is 2.34. The average Bonchev–Trinajstić information content (AvgIpc) is 3.06. The highest BCUT2D eigenvalue weighted by molar-refractivity contribution is 6.73. The van der Waals surface area contributed by atoms with Crippen molar-refractivity contribution >= 4 is 14.3 Å². The number of hydrogen-bond donors (Lipinski definition) is 1. The van der Waals surface area contributed by atoms with Crippen LogP contribution in [0.3, 0.4) is 0 Å². The lowest BCUT2D eigenvalue weighted by Gasteiger charge is -2.36. The van der Waals surface area contributed by atoms with E-state index >= 15 is 0 Å². The van der Waals surface area contributed by atoms with Crippen LogP contribution in [0.4, 0.5) is 0 Å². The number of benzene rings is 1. The lowest BCUT2D eigenvalue weighted by Crippen LogP contribution is -2.42. The molecule has 1 N–H and O–H groups in total. The summed E-state index contributed by atoms with van der Waals surface area (Å²) in [5, 5.41) is 9.58. The second-order valence-electron chi connectivity index (χ2n) is 14.3. The van der Waals surface area contributed by atoms with E-state index in [1.165, 1.54) is 56.9 Å². The van der Waals surface area contributed by atoms with Crippen molar-refractivity contribution in [1.29, 1.82) is 0 Å². The van der Waals surface area contributed by atoms with E-state index in [2.05, 4.69) is 86.6 Å². The third-order valence-electron chi connectivity index (χ3n) is 10.3. The molecule has 48 heavy (non-hydrogen) atoms. The largest absolute Gasteiger partial charge is 0.497 e. The van der Waals surface area contributed by atoms with E-state index < -0.39 is 14.3 Å². The molecule has 1 rings (SSSR count). The molecule has 0 amide bonds. The maximum absolute atomic E-state index is 11.7. The number of rotatable bonds is 26. The fourth-order valence-corrected chi connectivity index (χ4v) is 9.89. The highest BCUT2D eigenvalue weighted by atomic mass is 28.4. The van der Waals surface area contributed by atoms with Crippen LogP contribution in [0.1, 0.15) is 133 Å². The minimum Gasteiger partial charge on any atom is -0.497 e. The van der Waals surface area contributed by atoms with Gasteiger partial charge in [-0.3, -0.25) is 0 Å². The Kier molecular flexibility index (Phi) is 22.0. The maximum Gasteiger partial charge on any atom is 0.330 e. The van der Waals surface area contributed by atoms with Gasteiger partial charge in [-0.25, -0.2) is 4.79 Å². The van der Waals surface area contributed by atoms with Crippen LogP contribution in [-0.4, -0.2) is 38.7 Å². The van der Waals surface area contributed by atoms with Gasteiger partial charge < -0.3 is 19.0 Å². The van der Waals surface area contributed by atoms with Crippen molar-refractivity contribution in [2.75, 3.05) is 7.11 Å². The van der Waals surface area contributed by atoms with Crippen molar-refractivity contribution in [2.24, 2.45) is 17.8 Å². The summed E-state index contributed by atoms with van der Waals surface area (Å²) in [6, 6.07) is 11.3. The average molecular weight is 685 g/mol. The van der Waals surface area contributed by atoms with Crippen molar-refractivity contribution in [1.82, 2.24) is 0 Å². The molecule has 0 saturated heterocycles. The summed E-state index contributed by atoms with van der Waals surface area (Å²) in [5.41, 5.74) is 3.85. The first-order valence-corrected chi connectivity index (χ1v) is 21.6. The van der Waals surface area contributed by atoms with E-state index in [0.717, 1.165) is 41.4 Å². The molecule has 0 aliphatic carbocycles. The first-order chi connectivity index (χ1) is 22.9. The summed E-state index contributed by atoms with van der Waals surface area (Å²) in [6.07, 6.45) is 18.2. The third kappa shape index (κ3) is 16.0. The lowest BCUT2D eigenvalue weighted by atomic mass is 9.87. The summed E-state index contributed by atoms with van der Waals surface area (Å²) >= 11 is 0. The number of carboxylic acid groups (broad SMARTS) is 1.